The number of halogens is 1. The quantitative estimate of drug-likeness (QED) is 0.704. The number of rotatable bonds is 2. The molecule has 0 aliphatic heterocycles. The number of nitrogens with zero attached hydrogens (tertiary/aromatic N) is 1. The minimum atomic E-state index is -0.140. The Bertz CT molecular complexity index is 945. The number of hydrogen-bond acceptors (Lipinski definition) is 3. The van der Waals surface area contributed by atoms with E-state index >= 15 is 0 Å². The van der Waals surface area contributed by atoms with Crippen molar-refractivity contribution in [1.82, 2.24) is 4.98 Å². The fraction of sp³-hybridized carbons (Fsp3) is 0.0588. The predicted molar refractivity (Wildman–Crippen MR) is 89.7 cm³/mol. The zero-order valence-corrected chi connectivity index (χ0v) is 12.6. The lowest BCUT2D eigenvalue weighted by atomic mass is 10.1. The fourth-order valence-electron chi connectivity index (χ4n) is 2.28. The standard InChI is InChI=1S/C17H13ClN2O2/c1-10-6-17(22)20-15-8-13(3-4-14(10)15)19-9-11-7-12(18)2-5-16(11)21/h2-9,21H,1H3,(H,20,22). The minimum Gasteiger partial charge on any atom is -0.507 e. The van der Waals surface area contributed by atoms with Crippen LogP contribution in [0.2, 0.25) is 5.02 Å². The molecule has 22 heavy (non-hydrogen) atoms. The third-order valence-electron chi connectivity index (χ3n) is 3.38. The Balaban J connectivity index is 2.02. The van der Waals surface area contributed by atoms with Gasteiger partial charge in [0.2, 0.25) is 5.56 Å². The molecule has 2 aromatic carbocycles. The molecule has 0 saturated heterocycles. The van der Waals surface area contributed by atoms with Crippen LogP contribution in [0.1, 0.15) is 11.1 Å². The molecule has 0 atom stereocenters. The lowest BCUT2D eigenvalue weighted by Gasteiger charge is -2.03. The van der Waals surface area contributed by atoms with Gasteiger partial charge in [0.05, 0.1) is 11.2 Å². The number of aryl methyl sites for hydroxylation is 1. The number of H-pyrrole nitrogens is 1. The number of fused-ring (bicyclic) bond motifs is 1. The summed E-state index contributed by atoms with van der Waals surface area (Å²) in [7, 11) is 0. The Morgan fingerprint density at radius 1 is 1.18 bits per heavy atom. The highest BCUT2D eigenvalue weighted by molar-refractivity contribution is 6.30. The molecule has 0 saturated carbocycles. The summed E-state index contributed by atoms with van der Waals surface area (Å²) in [5.41, 5.74) is 2.72. The molecule has 0 amide bonds. The van der Waals surface area contributed by atoms with Crippen LogP contribution in [0, 0.1) is 6.92 Å². The number of pyridine rings is 1. The molecule has 110 valence electrons. The Hall–Kier alpha value is -2.59. The molecule has 5 heteroatoms. The van der Waals surface area contributed by atoms with Gasteiger partial charge < -0.3 is 10.1 Å². The van der Waals surface area contributed by atoms with Crippen molar-refractivity contribution in [1.29, 1.82) is 0 Å². The summed E-state index contributed by atoms with van der Waals surface area (Å²) >= 11 is 5.90. The highest BCUT2D eigenvalue weighted by Crippen LogP contribution is 2.23. The van der Waals surface area contributed by atoms with E-state index in [1.165, 1.54) is 12.3 Å². The van der Waals surface area contributed by atoms with E-state index in [-0.39, 0.29) is 11.3 Å². The van der Waals surface area contributed by atoms with Gasteiger partial charge in [-0.1, -0.05) is 17.7 Å². The van der Waals surface area contributed by atoms with Crippen molar-refractivity contribution in [2.75, 3.05) is 0 Å². The molecule has 2 N–H and O–H groups in total. The lowest BCUT2D eigenvalue weighted by molar-refractivity contribution is 0.474. The summed E-state index contributed by atoms with van der Waals surface area (Å²) in [4.78, 5) is 18.6. The normalized spacial score (nSPS) is 11.4. The van der Waals surface area contributed by atoms with Crippen molar-refractivity contribution in [2.24, 2.45) is 4.99 Å². The first kappa shape index (κ1) is 14.4. The first-order chi connectivity index (χ1) is 10.5. The van der Waals surface area contributed by atoms with E-state index in [9.17, 15) is 9.90 Å². The van der Waals surface area contributed by atoms with Gasteiger partial charge in [0.25, 0.3) is 0 Å². The summed E-state index contributed by atoms with van der Waals surface area (Å²) in [5, 5.41) is 11.3. The van der Waals surface area contributed by atoms with Gasteiger partial charge in [-0.2, -0.15) is 0 Å². The van der Waals surface area contributed by atoms with Crippen LogP contribution in [-0.4, -0.2) is 16.3 Å². The first-order valence-electron chi connectivity index (χ1n) is 6.69. The summed E-state index contributed by atoms with van der Waals surface area (Å²) in [6.45, 7) is 1.89. The molecular formula is C17H13ClN2O2. The second-order valence-corrected chi connectivity index (χ2v) is 5.44. The Morgan fingerprint density at radius 3 is 2.82 bits per heavy atom. The van der Waals surface area contributed by atoms with Crippen LogP contribution in [0.5, 0.6) is 5.75 Å². The Labute approximate surface area is 131 Å². The number of benzene rings is 2. The third kappa shape index (κ3) is 2.87. The van der Waals surface area contributed by atoms with E-state index < -0.39 is 0 Å². The van der Waals surface area contributed by atoms with Gasteiger partial charge in [-0.25, -0.2) is 0 Å². The molecule has 0 bridgehead atoms. The number of aromatic hydroxyl groups is 1. The van der Waals surface area contributed by atoms with Gasteiger partial charge >= 0.3 is 0 Å². The second-order valence-electron chi connectivity index (χ2n) is 5.01. The third-order valence-corrected chi connectivity index (χ3v) is 3.61. The highest BCUT2D eigenvalue weighted by atomic mass is 35.5. The monoisotopic (exact) mass is 312 g/mol. The van der Waals surface area contributed by atoms with Crippen molar-refractivity contribution in [3.63, 3.8) is 0 Å². The number of phenolic OH excluding ortho intramolecular Hbond substituents is 1. The number of aromatic amines is 1. The molecule has 0 unspecified atom stereocenters. The zero-order chi connectivity index (χ0) is 15.7. The fourth-order valence-corrected chi connectivity index (χ4v) is 2.46. The van der Waals surface area contributed by atoms with Gasteiger partial charge in [0.1, 0.15) is 5.75 Å². The molecule has 0 aliphatic carbocycles. The number of phenols is 1. The summed E-state index contributed by atoms with van der Waals surface area (Å²) in [6, 6.07) is 11.9. The lowest BCUT2D eigenvalue weighted by Crippen LogP contribution is -2.04. The average Bonchev–Trinajstić information content (AvgIpc) is 2.47. The highest BCUT2D eigenvalue weighted by Gasteiger charge is 2.02. The molecule has 0 spiro atoms. The van der Waals surface area contributed by atoms with Gasteiger partial charge in [0.15, 0.2) is 0 Å². The van der Waals surface area contributed by atoms with Gasteiger partial charge in [-0.3, -0.25) is 9.79 Å². The van der Waals surface area contributed by atoms with Crippen molar-refractivity contribution in [3.05, 3.63) is 69.0 Å². The van der Waals surface area contributed by atoms with Crippen molar-refractivity contribution in [3.8, 4) is 5.75 Å². The Kier molecular flexibility index (Phi) is 3.69. The van der Waals surface area contributed by atoms with Crippen molar-refractivity contribution in [2.45, 2.75) is 6.92 Å². The van der Waals surface area contributed by atoms with Crippen LogP contribution < -0.4 is 5.56 Å². The van der Waals surface area contributed by atoms with Crippen molar-refractivity contribution < 1.29 is 5.11 Å². The van der Waals surface area contributed by atoms with Gasteiger partial charge in [-0.15, -0.1) is 0 Å². The number of hydrogen-bond donors (Lipinski definition) is 2. The molecule has 0 radical (unpaired) electrons. The van der Waals surface area contributed by atoms with E-state index in [0.717, 1.165) is 16.5 Å². The van der Waals surface area contributed by atoms with Crippen LogP contribution in [0.3, 0.4) is 0 Å². The molecule has 0 fully saturated rings. The first-order valence-corrected chi connectivity index (χ1v) is 7.07. The zero-order valence-electron chi connectivity index (χ0n) is 11.8. The van der Waals surface area contributed by atoms with E-state index in [1.54, 1.807) is 24.3 Å². The molecule has 3 aromatic rings. The SMILES string of the molecule is Cc1cc(=O)[nH]c2cc(N=Cc3cc(Cl)ccc3O)ccc12. The topological polar surface area (TPSA) is 65.5 Å². The molecule has 4 nitrogen and oxygen atoms in total. The van der Waals surface area contributed by atoms with Crippen LogP contribution in [0.15, 0.2) is 52.3 Å². The maximum Gasteiger partial charge on any atom is 0.248 e. The average molecular weight is 313 g/mol. The van der Waals surface area contributed by atoms with Crippen LogP contribution in [0.25, 0.3) is 10.9 Å². The van der Waals surface area contributed by atoms with E-state index in [0.29, 0.717) is 16.3 Å². The minimum absolute atomic E-state index is 0.109. The van der Waals surface area contributed by atoms with Crippen LogP contribution in [0.4, 0.5) is 5.69 Å². The summed E-state index contributed by atoms with van der Waals surface area (Å²) < 4.78 is 0. The smallest absolute Gasteiger partial charge is 0.248 e. The second kappa shape index (κ2) is 5.66. The summed E-state index contributed by atoms with van der Waals surface area (Å²) in [5.74, 6) is 0.109. The molecule has 1 heterocycles. The molecule has 1 aromatic heterocycles. The summed E-state index contributed by atoms with van der Waals surface area (Å²) in [6.07, 6.45) is 1.54. The van der Waals surface area contributed by atoms with Crippen LogP contribution in [-0.2, 0) is 0 Å². The van der Waals surface area contributed by atoms with Crippen molar-refractivity contribution >= 4 is 34.4 Å². The Morgan fingerprint density at radius 2 is 2.00 bits per heavy atom. The number of aliphatic imine (C=N–C) groups is 1. The molecule has 0 aliphatic rings. The largest absolute Gasteiger partial charge is 0.507 e. The van der Waals surface area contributed by atoms with Crippen LogP contribution >= 0.6 is 11.6 Å². The predicted octanol–water partition coefficient (Wildman–Crippen LogP) is 3.95. The van der Waals surface area contributed by atoms with E-state index in [4.69, 9.17) is 11.6 Å². The van der Waals surface area contributed by atoms with E-state index in [1.807, 2.05) is 19.1 Å². The van der Waals surface area contributed by atoms with E-state index in [2.05, 4.69) is 9.98 Å². The van der Waals surface area contributed by atoms with Gasteiger partial charge in [0, 0.05) is 28.3 Å². The molecule has 3 rings (SSSR count). The number of aromatic nitrogens is 1. The number of nitrogens with one attached hydrogen (secondary N) is 1. The maximum absolute atomic E-state index is 11.5. The molecular weight excluding hydrogens is 300 g/mol. The maximum atomic E-state index is 11.5. The van der Waals surface area contributed by atoms with Gasteiger partial charge in [-0.05, 0) is 42.8 Å².